The molecule has 2 rings (SSSR count). The quantitative estimate of drug-likeness (QED) is 0.860. The van der Waals surface area contributed by atoms with Crippen LogP contribution in [0.25, 0.3) is 0 Å². The number of hydrogen-bond donors (Lipinski definition) is 1. The molecule has 1 amide bonds. The first-order chi connectivity index (χ1) is 10.7. The van der Waals surface area contributed by atoms with Crippen molar-refractivity contribution in [1.29, 1.82) is 5.26 Å². The molecule has 0 radical (unpaired) electrons. The smallest absolute Gasteiger partial charge is 0.407 e. The zero-order valence-electron chi connectivity index (χ0n) is 11.8. The van der Waals surface area contributed by atoms with Crippen LogP contribution in [0.15, 0.2) is 54.6 Å². The molecule has 0 fully saturated rings. The van der Waals surface area contributed by atoms with Gasteiger partial charge in [-0.1, -0.05) is 42.5 Å². The van der Waals surface area contributed by atoms with Crippen LogP contribution in [0.3, 0.4) is 0 Å². The minimum absolute atomic E-state index is 0.144. The van der Waals surface area contributed by atoms with E-state index in [2.05, 4.69) is 5.32 Å². The fourth-order valence-corrected chi connectivity index (χ4v) is 1.79. The Bertz CT molecular complexity index is 705. The Morgan fingerprint density at radius 2 is 1.86 bits per heavy atom. The van der Waals surface area contributed by atoms with E-state index in [0.717, 1.165) is 5.56 Å². The summed E-state index contributed by atoms with van der Waals surface area (Å²) in [6, 6.07) is 17.5. The van der Waals surface area contributed by atoms with Crippen LogP contribution >= 0.6 is 0 Å². The Morgan fingerprint density at radius 1 is 1.09 bits per heavy atom. The second-order valence-electron chi connectivity index (χ2n) is 4.53. The van der Waals surface area contributed by atoms with Crippen molar-refractivity contribution in [1.82, 2.24) is 5.32 Å². The molecule has 0 aliphatic heterocycles. The maximum absolute atomic E-state index is 11.9. The van der Waals surface area contributed by atoms with Gasteiger partial charge in [-0.3, -0.25) is 4.79 Å². The van der Waals surface area contributed by atoms with Crippen LogP contribution < -0.4 is 5.32 Å². The molecule has 22 heavy (non-hydrogen) atoms. The van der Waals surface area contributed by atoms with Crippen molar-refractivity contribution in [3.05, 3.63) is 71.3 Å². The van der Waals surface area contributed by atoms with Crippen molar-refractivity contribution < 1.29 is 14.3 Å². The number of Topliss-reactive ketones (excluding diaryl/α,β-unsaturated/α-hetero) is 1. The van der Waals surface area contributed by atoms with Gasteiger partial charge in [-0.15, -0.1) is 0 Å². The number of carbonyl (C=O) groups excluding carboxylic acids is 2. The van der Waals surface area contributed by atoms with Crippen molar-refractivity contribution in [2.24, 2.45) is 0 Å². The van der Waals surface area contributed by atoms with Crippen molar-refractivity contribution in [2.45, 2.75) is 6.61 Å². The third kappa shape index (κ3) is 4.46. The molecule has 110 valence electrons. The number of nitrogens with zero attached hydrogens (tertiary/aromatic N) is 1. The number of alkyl carbamates (subject to hydrolysis) is 1. The predicted octanol–water partition coefficient (Wildman–Crippen LogP) is 2.67. The van der Waals surface area contributed by atoms with E-state index in [-0.39, 0.29) is 18.9 Å². The number of amides is 1. The number of nitrogens with one attached hydrogen (secondary N) is 1. The molecular formula is C17H14N2O3. The molecule has 5 heteroatoms. The Morgan fingerprint density at radius 3 is 2.59 bits per heavy atom. The lowest BCUT2D eigenvalue weighted by atomic mass is 10.1. The van der Waals surface area contributed by atoms with E-state index >= 15 is 0 Å². The lowest BCUT2D eigenvalue weighted by Crippen LogP contribution is -2.30. The highest BCUT2D eigenvalue weighted by molar-refractivity contribution is 5.99. The summed E-state index contributed by atoms with van der Waals surface area (Å²) >= 11 is 0. The van der Waals surface area contributed by atoms with E-state index in [1.54, 1.807) is 18.2 Å². The second-order valence-corrected chi connectivity index (χ2v) is 4.53. The van der Waals surface area contributed by atoms with E-state index in [9.17, 15) is 9.59 Å². The van der Waals surface area contributed by atoms with E-state index < -0.39 is 6.09 Å². The number of nitriles is 1. The van der Waals surface area contributed by atoms with E-state index in [1.165, 1.54) is 6.07 Å². The van der Waals surface area contributed by atoms with Gasteiger partial charge in [0.2, 0.25) is 0 Å². The number of benzene rings is 2. The summed E-state index contributed by atoms with van der Waals surface area (Å²) in [5.41, 5.74) is 1.64. The van der Waals surface area contributed by atoms with Crippen LogP contribution in [0.5, 0.6) is 0 Å². The number of hydrogen-bond acceptors (Lipinski definition) is 4. The highest BCUT2D eigenvalue weighted by Crippen LogP contribution is 2.05. The third-order valence-electron chi connectivity index (χ3n) is 2.92. The molecule has 0 unspecified atom stereocenters. The van der Waals surface area contributed by atoms with Crippen molar-refractivity contribution in [3.63, 3.8) is 0 Å². The van der Waals surface area contributed by atoms with Gasteiger partial charge in [-0.05, 0) is 17.7 Å². The second kappa shape index (κ2) is 7.60. The van der Waals surface area contributed by atoms with Crippen LogP contribution in [0.1, 0.15) is 21.5 Å². The van der Waals surface area contributed by atoms with Gasteiger partial charge in [0.1, 0.15) is 6.61 Å². The van der Waals surface area contributed by atoms with E-state index in [4.69, 9.17) is 10.00 Å². The first-order valence-corrected chi connectivity index (χ1v) is 6.67. The van der Waals surface area contributed by atoms with E-state index in [0.29, 0.717) is 11.1 Å². The predicted molar refractivity (Wildman–Crippen MR) is 80.1 cm³/mol. The number of carbonyl (C=O) groups is 2. The van der Waals surface area contributed by atoms with Gasteiger partial charge in [-0.2, -0.15) is 5.26 Å². The Kier molecular flexibility index (Phi) is 5.27. The van der Waals surface area contributed by atoms with Crippen molar-refractivity contribution in [2.75, 3.05) is 6.54 Å². The molecule has 0 aromatic heterocycles. The maximum atomic E-state index is 11.9. The first-order valence-electron chi connectivity index (χ1n) is 6.67. The lowest BCUT2D eigenvalue weighted by molar-refractivity contribution is 0.0974. The van der Waals surface area contributed by atoms with Gasteiger partial charge in [0.15, 0.2) is 5.78 Å². The molecule has 0 saturated heterocycles. The summed E-state index contributed by atoms with van der Waals surface area (Å²) in [7, 11) is 0. The normalized spacial score (nSPS) is 9.59. The molecule has 0 saturated carbocycles. The summed E-state index contributed by atoms with van der Waals surface area (Å²) in [5.74, 6) is -0.284. The Balaban J connectivity index is 1.80. The van der Waals surface area contributed by atoms with Crippen LogP contribution in [0, 0.1) is 11.3 Å². The van der Waals surface area contributed by atoms with Crippen LogP contribution in [0.2, 0.25) is 0 Å². The van der Waals surface area contributed by atoms with Crippen LogP contribution in [-0.4, -0.2) is 18.4 Å². The van der Waals surface area contributed by atoms with Crippen LogP contribution in [0.4, 0.5) is 4.79 Å². The average molecular weight is 294 g/mol. The first kappa shape index (κ1) is 15.3. The zero-order chi connectivity index (χ0) is 15.8. The van der Waals surface area contributed by atoms with Gasteiger partial charge >= 0.3 is 6.09 Å². The largest absolute Gasteiger partial charge is 0.445 e. The molecule has 5 nitrogen and oxygen atoms in total. The van der Waals surface area contributed by atoms with Gasteiger partial charge in [0.05, 0.1) is 18.2 Å². The Labute approximate surface area is 128 Å². The van der Waals surface area contributed by atoms with Gasteiger partial charge in [0.25, 0.3) is 0 Å². The van der Waals surface area contributed by atoms with Gasteiger partial charge in [0, 0.05) is 5.56 Å². The number of rotatable bonds is 5. The molecule has 2 aromatic carbocycles. The van der Waals surface area contributed by atoms with Crippen molar-refractivity contribution in [3.8, 4) is 6.07 Å². The highest BCUT2D eigenvalue weighted by Gasteiger charge is 2.09. The number of ketones is 1. The molecular weight excluding hydrogens is 280 g/mol. The molecule has 2 aromatic rings. The zero-order valence-corrected chi connectivity index (χ0v) is 11.8. The maximum Gasteiger partial charge on any atom is 0.407 e. The summed E-state index contributed by atoms with van der Waals surface area (Å²) in [6.45, 7) is -0.0344. The number of ether oxygens (including phenoxy) is 1. The van der Waals surface area contributed by atoms with Crippen molar-refractivity contribution >= 4 is 11.9 Å². The summed E-state index contributed by atoms with van der Waals surface area (Å²) in [6.07, 6.45) is -0.659. The highest BCUT2D eigenvalue weighted by atomic mass is 16.5. The summed E-state index contributed by atoms with van der Waals surface area (Å²) < 4.78 is 5.00. The lowest BCUT2D eigenvalue weighted by Gasteiger charge is -2.07. The minimum atomic E-state index is -0.659. The molecule has 0 atom stereocenters. The van der Waals surface area contributed by atoms with E-state index in [1.807, 2.05) is 36.4 Å². The average Bonchev–Trinajstić information content (AvgIpc) is 2.58. The summed E-state index contributed by atoms with van der Waals surface area (Å²) in [5, 5.41) is 11.2. The standard InChI is InChI=1S/C17H14N2O3/c18-10-14-7-4-8-15(9-14)16(20)11-19-17(21)22-12-13-5-2-1-3-6-13/h1-9H,11-12H2,(H,19,21). The molecule has 0 heterocycles. The molecule has 1 N–H and O–H groups in total. The molecule has 0 bridgehead atoms. The van der Waals surface area contributed by atoms with Gasteiger partial charge < -0.3 is 10.1 Å². The third-order valence-corrected chi connectivity index (χ3v) is 2.92. The molecule has 0 aliphatic carbocycles. The monoisotopic (exact) mass is 294 g/mol. The molecule has 0 aliphatic rings. The molecule has 0 spiro atoms. The van der Waals surface area contributed by atoms with Crippen LogP contribution in [-0.2, 0) is 11.3 Å². The van der Waals surface area contributed by atoms with Gasteiger partial charge in [-0.25, -0.2) is 4.79 Å². The SMILES string of the molecule is N#Cc1cccc(C(=O)CNC(=O)OCc2ccccc2)c1. The fourth-order valence-electron chi connectivity index (χ4n) is 1.79. The Hall–Kier alpha value is -3.13. The summed E-state index contributed by atoms with van der Waals surface area (Å²) in [4.78, 5) is 23.4. The fraction of sp³-hybridized carbons (Fsp3) is 0.118. The minimum Gasteiger partial charge on any atom is -0.445 e. The topological polar surface area (TPSA) is 79.2 Å².